The molecule has 2 aromatic rings. The van der Waals surface area contributed by atoms with Crippen LogP contribution in [-0.2, 0) is 16.6 Å². The molecule has 1 aliphatic rings. The predicted octanol–water partition coefficient (Wildman–Crippen LogP) is 2.88. The Morgan fingerprint density at radius 3 is 2.46 bits per heavy atom. The lowest BCUT2D eigenvalue weighted by molar-refractivity contribution is 0.135. The normalized spacial score (nSPS) is 16.9. The van der Waals surface area contributed by atoms with Gasteiger partial charge < -0.3 is 9.30 Å². The van der Waals surface area contributed by atoms with E-state index in [9.17, 15) is 8.42 Å². The number of rotatable bonds is 7. The fourth-order valence-electron chi connectivity index (χ4n) is 3.12. The Kier molecular flexibility index (Phi) is 5.98. The summed E-state index contributed by atoms with van der Waals surface area (Å²) in [5, 5.41) is 0. The van der Waals surface area contributed by atoms with E-state index in [-0.39, 0.29) is 11.9 Å². The molecule has 0 atom stereocenters. The van der Waals surface area contributed by atoms with Crippen molar-refractivity contribution in [3.8, 4) is 5.75 Å². The van der Waals surface area contributed by atoms with Crippen molar-refractivity contribution in [2.24, 2.45) is 0 Å². The van der Waals surface area contributed by atoms with Gasteiger partial charge in [-0.05, 0) is 36.5 Å². The molecule has 7 heteroatoms. The molecule has 0 amide bonds. The Bertz CT molecular complexity index is 778. The summed E-state index contributed by atoms with van der Waals surface area (Å²) in [4.78, 5) is 3.94. The zero-order valence-corrected chi connectivity index (χ0v) is 16.2. The molecule has 6 nitrogen and oxygen atoms in total. The van der Waals surface area contributed by atoms with E-state index in [0.717, 1.165) is 18.6 Å². The molecule has 142 valence electrons. The molecule has 2 heterocycles. The largest absolute Gasteiger partial charge is 0.490 e. The van der Waals surface area contributed by atoms with Crippen LogP contribution < -0.4 is 4.74 Å². The van der Waals surface area contributed by atoms with Crippen LogP contribution in [0, 0.1) is 0 Å². The maximum absolute atomic E-state index is 12.5. The number of benzene rings is 1. The summed E-state index contributed by atoms with van der Waals surface area (Å²) in [6.45, 7) is 5.79. The minimum atomic E-state index is -3.24. The van der Waals surface area contributed by atoms with E-state index in [1.54, 1.807) is 27.6 Å². The number of aromatic nitrogens is 2. The van der Waals surface area contributed by atoms with E-state index in [1.165, 1.54) is 5.56 Å². The number of aryl methyl sites for hydroxylation is 1. The zero-order chi connectivity index (χ0) is 18.6. The minimum absolute atomic E-state index is 0.0694. The predicted molar refractivity (Wildman–Crippen MR) is 102 cm³/mol. The number of imidazole rings is 1. The summed E-state index contributed by atoms with van der Waals surface area (Å²) < 4.78 is 34.4. The van der Waals surface area contributed by atoms with Crippen molar-refractivity contribution < 1.29 is 13.2 Å². The first kappa shape index (κ1) is 18.9. The van der Waals surface area contributed by atoms with Gasteiger partial charge in [-0.15, -0.1) is 0 Å². The summed E-state index contributed by atoms with van der Waals surface area (Å²) in [6.07, 6.45) is 6.58. The first-order valence-electron chi connectivity index (χ1n) is 9.14. The van der Waals surface area contributed by atoms with E-state index in [2.05, 4.69) is 31.0 Å². The Morgan fingerprint density at radius 2 is 1.88 bits per heavy atom. The third-order valence-corrected chi connectivity index (χ3v) is 6.66. The second-order valence-electron chi connectivity index (χ2n) is 7.06. The SMILES string of the molecule is CC(C)c1ccc(OC2CCN(S(=O)(=O)CCn3ccnc3)CC2)cc1. The summed E-state index contributed by atoms with van der Waals surface area (Å²) in [5.41, 5.74) is 1.29. The quantitative estimate of drug-likeness (QED) is 0.744. The molecule has 0 radical (unpaired) electrons. The molecule has 1 aromatic carbocycles. The van der Waals surface area contributed by atoms with Crippen LogP contribution in [-0.4, -0.2) is 47.2 Å². The average Bonchev–Trinajstić information content (AvgIpc) is 3.15. The molecule has 0 unspecified atom stereocenters. The number of sulfonamides is 1. The van der Waals surface area contributed by atoms with Gasteiger partial charge in [-0.3, -0.25) is 0 Å². The fourth-order valence-corrected chi connectivity index (χ4v) is 4.59. The monoisotopic (exact) mass is 377 g/mol. The van der Waals surface area contributed by atoms with Crippen LogP contribution in [0.4, 0.5) is 0 Å². The molecule has 26 heavy (non-hydrogen) atoms. The van der Waals surface area contributed by atoms with Gasteiger partial charge in [0, 0.05) is 32.0 Å². The lowest BCUT2D eigenvalue weighted by Crippen LogP contribution is -2.43. The van der Waals surface area contributed by atoms with Gasteiger partial charge in [-0.25, -0.2) is 17.7 Å². The van der Waals surface area contributed by atoms with Crippen molar-refractivity contribution in [1.82, 2.24) is 13.9 Å². The Morgan fingerprint density at radius 1 is 1.19 bits per heavy atom. The summed E-state index contributed by atoms with van der Waals surface area (Å²) >= 11 is 0. The second kappa shape index (κ2) is 8.22. The van der Waals surface area contributed by atoms with Crippen molar-refractivity contribution in [2.75, 3.05) is 18.8 Å². The molecule has 1 aliphatic heterocycles. The van der Waals surface area contributed by atoms with Crippen LogP contribution in [0.1, 0.15) is 38.2 Å². The first-order chi connectivity index (χ1) is 12.4. The second-order valence-corrected chi connectivity index (χ2v) is 9.14. The summed E-state index contributed by atoms with van der Waals surface area (Å²) in [6, 6.07) is 8.19. The molecule has 1 aromatic heterocycles. The molecule has 0 bridgehead atoms. The van der Waals surface area contributed by atoms with Crippen molar-refractivity contribution in [3.63, 3.8) is 0 Å². The van der Waals surface area contributed by atoms with Crippen LogP contribution in [0.3, 0.4) is 0 Å². The van der Waals surface area contributed by atoms with Crippen molar-refractivity contribution in [3.05, 3.63) is 48.5 Å². The van der Waals surface area contributed by atoms with Gasteiger partial charge in [0.05, 0.1) is 12.1 Å². The van der Waals surface area contributed by atoms with Crippen molar-refractivity contribution in [1.29, 1.82) is 0 Å². The highest BCUT2D eigenvalue weighted by Crippen LogP contribution is 2.23. The topological polar surface area (TPSA) is 64.4 Å². The number of hydrogen-bond donors (Lipinski definition) is 0. The highest BCUT2D eigenvalue weighted by Gasteiger charge is 2.28. The molecule has 0 spiro atoms. The fraction of sp³-hybridized carbons (Fsp3) is 0.526. The van der Waals surface area contributed by atoms with E-state index >= 15 is 0 Å². The van der Waals surface area contributed by atoms with Gasteiger partial charge in [0.1, 0.15) is 11.9 Å². The first-order valence-corrected chi connectivity index (χ1v) is 10.7. The lowest BCUT2D eigenvalue weighted by Gasteiger charge is -2.31. The summed E-state index contributed by atoms with van der Waals surface area (Å²) in [5.74, 6) is 1.46. The minimum Gasteiger partial charge on any atom is -0.490 e. The molecular formula is C19H27N3O3S. The molecule has 0 saturated carbocycles. The molecule has 0 N–H and O–H groups in total. The molecular weight excluding hydrogens is 350 g/mol. The number of ether oxygens (including phenoxy) is 1. The Labute approximate surface area is 155 Å². The van der Waals surface area contributed by atoms with Gasteiger partial charge in [-0.1, -0.05) is 26.0 Å². The van der Waals surface area contributed by atoms with Crippen LogP contribution in [0.2, 0.25) is 0 Å². The highest BCUT2D eigenvalue weighted by molar-refractivity contribution is 7.89. The standard InChI is InChI=1S/C19H27N3O3S/c1-16(2)17-3-5-18(6-4-17)25-19-7-10-22(11-8-19)26(23,24)14-13-21-12-9-20-15-21/h3-6,9,12,15-16,19H,7-8,10-11,13-14H2,1-2H3. The maximum Gasteiger partial charge on any atom is 0.215 e. The number of nitrogens with zero attached hydrogens (tertiary/aromatic N) is 3. The molecule has 3 rings (SSSR count). The van der Waals surface area contributed by atoms with E-state index in [4.69, 9.17) is 4.74 Å². The zero-order valence-electron chi connectivity index (χ0n) is 15.4. The van der Waals surface area contributed by atoms with E-state index in [1.807, 2.05) is 12.1 Å². The molecule has 0 aliphatic carbocycles. The number of hydrogen-bond acceptors (Lipinski definition) is 4. The van der Waals surface area contributed by atoms with Gasteiger partial charge in [0.15, 0.2) is 0 Å². The summed E-state index contributed by atoms with van der Waals surface area (Å²) in [7, 11) is -3.24. The van der Waals surface area contributed by atoms with Crippen molar-refractivity contribution >= 4 is 10.0 Å². The lowest BCUT2D eigenvalue weighted by atomic mass is 10.0. The van der Waals surface area contributed by atoms with E-state index in [0.29, 0.717) is 25.6 Å². The van der Waals surface area contributed by atoms with Gasteiger partial charge in [0.2, 0.25) is 10.0 Å². The van der Waals surface area contributed by atoms with Crippen LogP contribution in [0.5, 0.6) is 5.75 Å². The van der Waals surface area contributed by atoms with Crippen molar-refractivity contribution in [2.45, 2.75) is 45.3 Å². The Balaban J connectivity index is 1.48. The van der Waals surface area contributed by atoms with Gasteiger partial charge in [0.25, 0.3) is 0 Å². The van der Waals surface area contributed by atoms with E-state index < -0.39 is 10.0 Å². The van der Waals surface area contributed by atoms with Gasteiger partial charge >= 0.3 is 0 Å². The third-order valence-electron chi connectivity index (χ3n) is 4.81. The van der Waals surface area contributed by atoms with Gasteiger partial charge in [-0.2, -0.15) is 0 Å². The van der Waals surface area contributed by atoms with Crippen LogP contribution in [0.15, 0.2) is 43.0 Å². The average molecular weight is 378 g/mol. The smallest absolute Gasteiger partial charge is 0.215 e. The third kappa shape index (κ3) is 4.86. The maximum atomic E-state index is 12.5. The molecule has 1 saturated heterocycles. The molecule has 1 fully saturated rings. The highest BCUT2D eigenvalue weighted by atomic mass is 32.2. The van der Waals surface area contributed by atoms with Crippen LogP contribution in [0.25, 0.3) is 0 Å². The van der Waals surface area contributed by atoms with Crippen LogP contribution >= 0.6 is 0 Å². The number of piperidine rings is 1. The Hall–Kier alpha value is -1.86.